The van der Waals surface area contributed by atoms with Gasteiger partial charge in [0.05, 0.1) is 18.0 Å². The monoisotopic (exact) mass is 304 g/mol. The summed E-state index contributed by atoms with van der Waals surface area (Å²) in [5, 5.41) is 9.58. The largest absolute Gasteiger partial charge is 0.390 e. The molecule has 2 aromatic rings. The summed E-state index contributed by atoms with van der Waals surface area (Å²) in [6.07, 6.45) is 10.4. The van der Waals surface area contributed by atoms with Crippen LogP contribution in [0.15, 0.2) is 41.0 Å². The van der Waals surface area contributed by atoms with Gasteiger partial charge in [-0.3, -0.25) is 0 Å². The number of allylic oxidation sites excluding steroid dienone is 4. The summed E-state index contributed by atoms with van der Waals surface area (Å²) >= 11 is 3.44. The minimum Gasteiger partial charge on any atom is -0.390 e. The second kappa shape index (κ2) is 4.71. The third-order valence-electron chi connectivity index (χ3n) is 3.11. The minimum atomic E-state index is -0.0106. The average Bonchev–Trinajstić information content (AvgIpc) is 2.77. The van der Waals surface area contributed by atoms with Crippen LogP contribution in [-0.4, -0.2) is 14.5 Å². The summed E-state index contributed by atoms with van der Waals surface area (Å²) in [5.74, 6) is 0. The average molecular weight is 305 g/mol. The first kappa shape index (κ1) is 11.7. The van der Waals surface area contributed by atoms with E-state index < -0.39 is 0 Å². The van der Waals surface area contributed by atoms with Gasteiger partial charge in [0.2, 0.25) is 0 Å². The van der Waals surface area contributed by atoms with Crippen molar-refractivity contribution in [2.75, 3.05) is 0 Å². The standard InChI is InChI=1S/C14H13BrN2O/c15-11-6-7-17-12(9-18)14(16-13(17)8-11)10-4-2-1-3-5-10/h2,4-8,18H,1,3,9H2. The molecular weight excluding hydrogens is 292 g/mol. The maximum Gasteiger partial charge on any atom is 0.138 e. The number of fused-ring (bicyclic) bond motifs is 1. The van der Waals surface area contributed by atoms with Crippen LogP contribution in [0.25, 0.3) is 11.2 Å². The molecule has 0 spiro atoms. The minimum absolute atomic E-state index is 0.0106. The number of imidazole rings is 1. The molecule has 0 unspecified atom stereocenters. The summed E-state index contributed by atoms with van der Waals surface area (Å²) in [6, 6.07) is 3.90. The topological polar surface area (TPSA) is 37.5 Å². The van der Waals surface area contributed by atoms with Crippen molar-refractivity contribution in [2.24, 2.45) is 0 Å². The lowest BCUT2D eigenvalue weighted by molar-refractivity contribution is 0.275. The summed E-state index contributed by atoms with van der Waals surface area (Å²) < 4.78 is 2.92. The highest BCUT2D eigenvalue weighted by Gasteiger charge is 2.14. The molecule has 0 fully saturated rings. The maximum atomic E-state index is 9.58. The van der Waals surface area contributed by atoms with Crippen LogP contribution in [0.1, 0.15) is 24.2 Å². The van der Waals surface area contributed by atoms with Gasteiger partial charge < -0.3 is 9.51 Å². The highest BCUT2D eigenvalue weighted by Crippen LogP contribution is 2.26. The number of hydrogen-bond acceptors (Lipinski definition) is 2. The molecule has 0 radical (unpaired) electrons. The summed E-state index contributed by atoms with van der Waals surface area (Å²) in [6.45, 7) is -0.0106. The van der Waals surface area contributed by atoms with Crippen LogP contribution < -0.4 is 0 Å². The van der Waals surface area contributed by atoms with Gasteiger partial charge >= 0.3 is 0 Å². The molecule has 0 saturated carbocycles. The molecule has 0 aromatic carbocycles. The van der Waals surface area contributed by atoms with E-state index in [1.165, 1.54) is 0 Å². The molecule has 18 heavy (non-hydrogen) atoms. The van der Waals surface area contributed by atoms with E-state index in [9.17, 15) is 5.11 Å². The molecule has 0 atom stereocenters. The lowest BCUT2D eigenvalue weighted by Crippen LogP contribution is -1.96. The van der Waals surface area contributed by atoms with E-state index in [0.29, 0.717) is 0 Å². The molecule has 1 aliphatic carbocycles. The number of aliphatic hydroxyl groups is 1. The Kier molecular flexibility index (Phi) is 3.06. The highest BCUT2D eigenvalue weighted by atomic mass is 79.9. The summed E-state index contributed by atoms with van der Waals surface area (Å²) in [4.78, 5) is 4.62. The van der Waals surface area contributed by atoms with Crippen molar-refractivity contribution in [3.8, 4) is 0 Å². The van der Waals surface area contributed by atoms with Gasteiger partial charge in [0, 0.05) is 10.7 Å². The van der Waals surface area contributed by atoms with Crippen molar-refractivity contribution < 1.29 is 5.11 Å². The van der Waals surface area contributed by atoms with Crippen molar-refractivity contribution in [1.29, 1.82) is 0 Å². The molecule has 0 saturated heterocycles. The van der Waals surface area contributed by atoms with E-state index in [2.05, 4.69) is 39.1 Å². The quantitative estimate of drug-likeness (QED) is 0.924. The van der Waals surface area contributed by atoms with Gasteiger partial charge in [0.25, 0.3) is 0 Å². The van der Waals surface area contributed by atoms with Crippen LogP contribution in [0.2, 0.25) is 0 Å². The molecule has 1 N–H and O–H groups in total. The van der Waals surface area contributed by atoms with Gasteiger partial charge in [-0.25, -0.2) is 4.98 Å². The van der Waals surface area contributed by atoms with Gasteiger partial charge in [-0.2, -0.15) is 0 Å². The van der Waals surface area contributed by atoms with Gasteiger partial charge in [-0.05, 0) is 30.5 Å². The van der Waals surface area contributed by atoms with E-state index >= 15 is 0 Å². The summed E-state index contributed by atoms with van der Waals surface area (Å²) in [5.41, 5.74) is 3.68. The molecule has 4 heteroatoms. The van der Waals surface area contributed by atoms with Crippen LogP contribution in [0.3, 0.4) is 0 Å². The lowest BCUT2D eigenvalue weighted by atomic mass is 10.0. The number of hydrogen-bond donors (Lipinski definition) is 1. The van der Waals surface area contributed by atoms with Crippen LogP contribution in [0.4, 0.5) is 0 Å². The Labute approximate surface area is 114 Å². The number of halogens is 1. The third-order valence-corrected chi connectivity index (χ3v) is 3.60. The first-order chi connectivity index (χ1) is 8.79. The zero-order chi connectivity index (χ0) is 12.5. The number of rotatable bonds is 2. The maximum absolute atomic E-state index is 9.58. The van der Waals surface area contributed by atoms with Gasteiger partial charge in [-0.15, -0.1) is 0 Å². The van der Waals surface area contributed by atoms with Crippen molar-refractivity contribution in [2.45, 2.75) is 19.4 Å². The molecule has 2 aromatic heterocycles. The summed E-state index contributed by atoms with van der Waals surface area (Å²) in [7, 11) is 0. The van der Waals surface area contributed by atoms with E-state index in [1.54, 1.807) is 0 Å². The van der Waals surface area contributed by atoms with E-state index in [-0.39, 0.29) is 6.61 Å². The molecule has 1 aliphatic rings. The molecule has 0 bridgehead atoms. The predicted molar refractivity (Wildman–Crippen MR) is 75.2 cm³/mol. The smallest absolute Gasteiger partial charge is 0.138 e. The van der Waals surface area contributed by atoms with Crippen molar-refractivity contribution in [3.63, 3.8) is 0 Å². The molecule has 0 amide bonds. The van der Waals surface area contributed by atoms with E-state index in [1.807, 2.05) is 22.7 Å². The zero-order valence-electron chi connectivity index (χ0n) is 9.81. The number of pyridine rings is 1. The van der Waals surface area contributed by atoms with Gasteiger partial charge in [-0.1, -0.05) is 34.2 Å². The Hall–Kier alpha value is -1.39. The third kappa shape index (κ3) is 1.91. The van der Waals surface area contributed by atoms with Crippen LogP contribution >= 0.6 is 15.9 Å². The first-order valence-electron chi connectivity index (χ1n) is 5.94. The SMILES string of the molecule is OCc1c(C2=CCCC=C2)nc2cc(Br)ccn12. The van der Waals surface area contributed by atoms with Crippen LogP contribution in [-0.2, 0) is 6.61 Å². The fourth-order valence-electron chi connectivity index (χ4n) is 2.24. The normalized spacial score (nSPS) is 15.1. The highest BCUT2D eigenvalue weighted by molar-refractivity contribution is 9.10. The molecule has 0 aliphatic heterocycles. The second-order valence-electron chi connectivity index (χ2n) is 4.28. The number of aliphatic hydroxyl groups excluding tert-OH is 1. The Morgan fingerprint density at radius 2 is 2.28 bits per heavy atom. The van der Waals surface area contributed by atoms with E-state index in [0.717, 1.165) is 39.9 Å². The number of nitrogens with zero attached hydrogens (tertiary/aromatic N) is 2. The van der Waals surface area contributed by atoms with E-state index in [4.69, 9.17) is 0 Å². The van der Waals surface area contributed by atoms with Gasteiger partial charge in [0.1, 0.15) is 5.65 Å². The van der Waals surface area contributed by atoms with Crippen LogP contribution in [0, 0.1) is 0 Å². The molecule has 92 valence electrons. The lowest BCUT2D eigenvalue weighted by Gasteiger charge is -2.06. The predicted octanol–water partition coefficient (Wildman–Crippen LogP) is 3.32. The number of aromatic nitrogens is 2. The van der Waals surface area contributed by atoms with Crippen LogP contribution in [0.5, 0.6) is 0 Å². The Morgan fingerprint density at radius 1 is 1.39 bits per heavy atom. The van der Waals surface area contributed by atoms with Crippen molar-refractivity contribution in [1.82, 2.24) is 9.38 Å². The van der Waals surface area contributed by atoms with Crippen molar-refractivity contribution in [3.05, 3.63) is 52.4 Å². The molecule has 3 nitrogen and oxygen atoms in total. The Morgan fingerprint density at radius 3 is 3.00 bits per heavy atom. The molecule has 2 heterocycles. The molecule has 3 rings (SSSR count). The Bertz CT molecular complexity index is 655. The fraction of sp³-hybridized carbons (Fsp3) is 0.214. The first-order valence-corrected chi connectivity index (χ1v) is 6.73. The van der Waals surface area contributed by atoms with Gasteiger partial charge in [0.15, 0.2) is 0 Å². The second-order valence-corrected chi connectivity index (χ2v) is 5.19. The van der Waals surface area contributed by atoms with Crippen molar-refractivity contribution >= 4 is 27.2 Å². The zero-order valence-corrected chi connectivity index (χ0v) is 11.4. The molecular formula is C14H13BrN2O. The fourth-order valence-corrected chi connectivity index (χ4v) is 2.56. The Balaban J connectivity index is 2.22.